The van der Waals surface area contributed by atoms with Crippen LogP contribution in [0.25, 0.3) is 28.4 Å². The number of H-pyrrole nitrogens is 1. The quantitative estimate of drug-likeness (QED) is 0.307. The van der Waals surface area contributed by atoms with E-state index in [1.165, 1.54) is 30.6 Å². The molecule has 0 amide bonds. The number of anilines is 1. The van der Waals surface area contributed by atoms with Crippen LogP contribution >= 0.6 is 0 Å². The fraction of sp³-hybridized carbons (Fsp3) is 0.200. The highest BCUT2D eigenvalue weighted by Crippen LogP contribution is 2.44. The Morgan fingerprint density at radius 3 is 2.62 bits per heavy atom. The van der Waals surface area contributed by atoms with Gasteiger partial charge in [0.2, 0.25) is 17.6 Å². The maximum atomic E-state index is 15.1. The first-order chi connectivity index (χ1) is 17.9. The lowest BCUT2D eigenvalue weighted by Gasteiger charge is -2.28. The Hall–Kier alpha value is -4.71. The topological polar surface area (TPSA) is 143 Å². The Bertz CT molecular complexity index is 1650. The highest BCUT2D eigenvalue weighted by molar-refractivity contribution is 6.14. The smallest absolute Gasteiger partial charge is 0.243 e. The van der Waals surface area contributed by atoms with E-state index in [9.17, 15) is 15.0 Å². The summed E-state index contributed by atoms with van der Waals surface area (Å²) in [5, 5.41) is 22.1. The number of carbonyl (C=O) groups is 1. The molecule has 3 N–H and O–H groups in total. The van der Waals surface area contributed by atoms with E-state index in [2.05, 4.69) is 19.9 Å². The van der Waals surface area contributed by atoms with Gasteiger partial charge in [0.15, 0.2) is 23.0 Å². The number of morpholine rings is 1. The molecule has 11 nitrogen and oxygen atoms in total. The second-order valence-corrected chi connectivity index (χ2v) is 8.50. The number of furan rings is 1. The molecule has 0 bridgehead atoms. The third kappa shape index (κ3) is 3.69. The van der Waals surface area contributed by atoms with Crippen LogP contribution < -0.4 is 4.90 Å². The van der Waals surface area contributed by atoms with Gasteiger partial charge in [-0.25, -0.2) is 13.9 Å². The standard InChI is InChI=1S/C25H21FN6O5/c1-13-6-7-16(37-13)20(33)17-19(14-4-2-3-5-15(14)26)32(24(35)21(17)34)25-29-22-18(27-12-28-22)23(30-25)31-8-10-36-11-9-31/h2-7,12,34-35H,8-11H2,1H3,(H,27,28,29,30). The van der Waals surface area contributed by atoms with Crippen molar-refractivity contribution in [1.29, 1.82) is 0 Å². The number of ketones is 1. The first-order valence-electron chi connectivity index (χ1n) is 11.5. The summed E-state index contributed by atoms with van der Waals surface area (Å²) in [5.74, 6) is -2.14. The summed E-state index contributed by atoms with van der Waals surface area (Å²) in [6, 6.07) is 8.74. The highest BCUT2D eigenvalue weighted by atomic mass is 19.1. The van der Waals surface area contributed by atoms with Crippen LogP contribution in [-0.4, -0.2) is 66.8 Å². The molecule has 188 valence electrons. The molecule has 5 heterocycles. The second-order valence-electron chi connectivity index (χ2n) is 8.50. The maximum absolute atomic E-state index is 15.1. The van der Waals surface area contributed by atoms with Crippen LogP contribution in [0.15, 0.2) is 47.1 Å². The monoisotopic (exact) mass is 504 g/mol. The first-order valence-corrected chi connectivity index (χ1v) is 11.5. The summed E-state index contributed by atoms with van der Waals surface area (Å²) in [6.07, 6.45) is 1.46. The summed E-state index contributed by atoms with van der Waals surface area (Å²) in [7, 11) is 0. The number of nitrogens with one attached hydrogen (secondary N) is 1. The maximum Gasteiger partial charge on any atom is 0.243 e. The zero-order valence-electron chi connectivity index (χ0n) is 19.6. The Morgan fingerprint density at radius 2 is 1.89 bits per heavy atom. The predicted octanol–water partition coefficient (Wildman–Crippen LogP) is 3.33. The molecule has 0 aliphatic carbocycles. The molecule has 4 aromatic heterocycles. The van der Waals surface area contributed by atoms with E-state index in [0.717, 1.165) is 4.57 Å². The van der Waals surface area contributed by atoms with Gasteiger partial charge < -0.3 is 29.3 Å². The number of aromatic amines is 1. The summed E-state index contributed by atoms with van der Waals surface area (Å²) < 4.78 is 27.1. The van der Waals surface area contributed by atoms with E-state index in [0.29, 0.717) is 43.4 Å². The number of hydrogen-bond acceptors (Lipinski definition) is 9. The lowest BCUT2D eigenvalue weighted by atomic mass is 10.0. The lowest BCUT2D eigenvalue weighted by Crippen LogP contribution is -2.37. The van der Waals surface area contributed by atoms with Gasteiger partial charge in [-0.15, -0.1) is 0 Å². The minimum Gasteiger partial charge on any atom is -0.503 e. The molecule has 6 rings (SSSR count). The van der Waals surface area contributed by atoms with Crippen molar-refractivity contribution in [1.82, 2.24) is 24.5 Å². The van der Waals surface area contributed by atoms with Crippen LogP contribution in [0.4, 0.5) is 10.2 Å². The number of halogens is 1. The fourth-order valence-electron chi connectivity index (χ4n) is 4.46. The molecule has 0 saturated carbocycles. The third-order valence-electron chi connectivity index (χ3n) is 6.21. The Labute approximate surface area is 208 Å². The number of aromatic hydroxyl groups is 2. The van der Waals surface area contributed by atoms with Crippen LogP contribution in [0.1, 0.15) is 21.9 Å². The number of rotatable bonds is 5. The zero-order valence-corrected chi connectivity index (χ0v) is 19.6. The molecule has 0 atom stereocenters. The first kappa shape index (κ1) is 22.7. The van der Waals surface area contributed by atoms with Gasteiger partial charge in [-0.2, -0.15) is 9.97 Å². The molecular weight excluding hydrogens is 483 g/mol. The molecule has 12 heteroatoms. The van der Waals surface area contributed by atoms with Gasteiger partial charge in [-0.1, -0.05) is 12.1 Å². The van der Waals surface area contributed by atoms with Crippen molar-refractivity contribution in [2.24, 2.45) is 0 Å². The number of hydrogen-bond donors (Lipinski definition) is 3. The van der Waals surface area contributed by atoms with E-state index < -0.39 is 23.2 Å². The van der Waals surface area contributed by atoms with Crippen molar-refractivity contribution >= 4 is 22.8 Å². The van der Waals surface area contributed by atoms with Crippen LogP contribution in [0.2, 0.25) is 0 Å². The van der Waals surface area contributed by atoms with Crippen molar-refractivity contribution in [3.8, 4) is 28.8 Å². The fourth-order valence-corrected chi connectivity index (χ4v) is 4.46. The molecule has 5 aromatic rings. The van der Waals surface area contributed by atoms with Crippen molar-refractivity contribution in [2.45, 2.75) is 6.92 Å². The zero-order chi connectivity index (χ0) is 25.7. The molecule has 1 aromatic carbocycles. The van der Waals surface area contributed by atoms with Crippen molar-refractivity contribution < 1.29 is 28.6 Å². The molecule has 1 fully saturated rings. The predicted molar refractivity (Wildman–Crippen MR) is 130 cm³/mol. The minimum atomic E-state index is -0.754. The van der Waals surface area contributed by atoms with Gasteiger partial charge in [-0.05, 0) is 31.2 Å². The molecule has 1 aliphatic rings. The van der Waals surface area contributed by atoms with Gasteiger partial charge in [-0.3, -0.25) is 4.79 Å². The second kappa shape index (κ2) is 8.75. The average molecular weight is 504 g/mol. The molecule has 0 radical (unpaired) electrons. The number of ether oxygens (including phenoxy) is 1. The SMILES string of the molecule is Cc1ccc(C(=O)c2c(O)c(O)n(-c3nc(N4CCOCC4)c4[nH]cnc4n3)c2-c2ccccc2F)o1. The number of imidazole rings is 1. The molecule has 1 saturated heterocycles. The summed E-state index contributed by atoms with van der Waals surface area (Å²) >= 11 is 0. The van der Waals surface area contributed by atoms with Crippen LogP contribution in [0, 0.1) is 12.7 Å². The molecule has 0 spiro atoms. The van der Waals surface area contributed by atoms with Gasteiger partial charge >= 0.3 is 0 Å². The van der Waals surface area contributed by atoms with Crippen LogP contribution in [-0.2, 0) is 4.74 Å². The highest BCUT2D eigenvalue weighted by Gasteiger charge is 2.34. The van der Waals surface area contributed by atoms with E-state index in [-0.39, 0.29) is 34.2 Å². The van der Waals surface area contributed by atoms with E-state index >= 15 is 4.39 Å². The molecular formula is C25H21FN6O5. The average Bonchev–Trinajstić information content (AvgIpc) is 3.62. The van der Waals surface area contributed by atoms with Crippen molar-refractivity contribution in [3.05, 3.63) is 65.6 Å². The van der Waals surface area contributed by atoms with E-state index in [4.69, 9.17) is 9.15 Å². The van der Waals surface area contributed by atoms with Crippen molar-refractivity contribution in [3.63, 3.8) is 0 Å². The van der Waals surface area contributed by atoms with Gasteiger partial charge in [0.05, 0.1) is 30.8 Å². The Morgan fingerprint density at radius 1 is 1.11 bits per heavy atom. The van der Waals surface area contributed by atoms with Gasteiger partial charge in [0, 0.05) is 18.7 Å². The normalized spacial score (nSPS) is 13.9. The molecule has 0 unspecified atom stereocenters. The Balaban J connectivity index is 1.64. The molecule has 1 aliphatic heterocycles. The summed E-state index contributed by atoms with van der Waals surface area (Å²) in [4.78, 5) is 31.8. The third-order valence-corrected chi connectivity index (χ3v) is 6.21. The number of fused-ring (bicyclic) bond motifs is 1. The van der Waals surface area contributed by atoms with Crippen LogP contribution in [0.5, 0.6) is 11.6 Å². The largest absolute Gasteiger partial charge is 0.503 e. The minimum absolute atomic E-state index is 0.0524. The number of aromatic nitrogens is 5. The summed E-state index contributed by atoms with van der Waals surface area (Å²) in [5.41, 5.74) is 0.318. The number of nitrogens with zero attached hydrogens (tertiary/aromatic N) is 5. The molecule has 37 heavy (non-hydrogen) atoms. The van der Waals surface area contributed by atoms with Crippen LogP contribution in [0.3, 0.4) is 0 Å². The van der Waals surface area contributed by atoms with E-state index in [1.807, 2.05) is 4.90 Å². The number of aryl methyl sites for hydroxylation is 1. The Kier molecular flexibility index (Phi) is 5.37. The van der Waals surface area contributed by atoms with E-state index in [1.54, 1.807) is 19.1 Å². The lowest BCUT2D eigenvalue weighted by molar-refractivity contribution is 0.101. The summed E-state index contributed by atoms with van der Waals surface area (Å²) in [6.45, 7) is 3.75. The van der Waals surface area contributed by atoms with Gasteiger partial charge in [0.1, 0.15) is 17.1 Å². The number of carbonyl (C=O) groups excluding carboxylic acids is 1. The van der Waals surface area contributed by atoms with Gasteiger partial charge in [0.25, 0.3) is 0 Å². The van der Waals surface area contributed by atoms with Crippen molar-refractivity contribution in [2.75, 3.05) is 31.2 Å². The number of benzene rings is 1.